The van der Waals surface area contributed by atoms with Gasteiger partial charge in [0.05, 0.1) is 5.52 Å². The van der Waals surface area contributed by atoms with Gasteiger partial charge in [-0.1, -0.05) is 60.3 Å². The highest BCUT2D eigenvalue weighted by atomic mass is 32.2. The summed E-state index contributed by atoms with van der Waals surface area (Å²) in [6.45, 7) is 0. The van der Waals surface area contributed by atoms with Gasteiger partial charge in [-0.15, -0.1) is 0 Å². The lowest BCUT2D eigenvalue weighted by atomic mass is 10.1. The van der Waals surface area contributed by atoms with Gasteiger partial charge in [-0.05, 0) is 11.6 Å². The molecule has 0 saturated heterocycles. The fourth-order valence-corrected chi connectivity index (χ4v) is 3.77. The molecule has 1 atom stereocenters. The van der Waals surface area contributed by atoms with Crippen molar-refractivity contribution < 1.29 is 18.0 Å². The van der Waals surface area contributed by atoms with Gasteiger partial charge >= 0.3 is 6.18 Å². The largest absolute Gasteiger partial charge is 0.451 e. The van der Waals surface area contributed by atoms with Crippen LogP contribution in [0.1, 0.15) is 16.6 Å². The van der Waals surface area contributed by atoms with Crippen molar-refractivity contribution in [3.8, 4) is 0 Å². The minimum absolute atomic E-state index is 0.122. The van der Waals surface area contributed by atoms with Crippen LogP contribution in [0, 0.1) is 0 Å². The first-order valence-electron chi connectivity index (χ1n) is 8.04. The zero-order chi connectivity index (χ0) is 19.6. The molecule has 3 rings (SSSR count). The van der Waals surface area contributed by atoms with Crippen LogP contribution in [0.25, 0.3) is 10.9 Å². The standard InChI is InChI=1S/C19H16F3N3OS/c1-25(2)17(26)15(12-8-4-3-5-9-12)27-16-13-10-6-7-11-14(13)23-18(24-16)19(20,21)22/h3-11,15H,1-2H3/t15-/m0/s1. The lowest BCUT2D eigenvalue weighted by Crippen LogP contribution is -2.26. The molecule has 0 radical (unpaired) electrons. The first-order chi connectivity index (χ1) is 12.8. The van der Waals surface area contributed by atoms with E-state index in [1.807, 2.05) is 6.07 Å². The maximum atomic E-state index is 13.2. The zero-order valence-electron chi connectivity index (χ0n) is 14.6. The van der Waals surface area contributed by atoms with Crippen LogP contribution in [-0.4, -0.2) is 34.9 Å². The molecule has 1 aromatic heterocycles. The summed E-state index contributed by atoms with van der Waals surface area (Å²) in [6, 6.07) is 15.4. The first kappa shape index (κ1) is 19.2. The summed E-state index contributed by atoms with van der Waals surface area (Å²) in [4.78, 5) is 21.5. The number of amides is 1. The Morgan fingerprint density at radius 1 is 1.00 bits per heavy atom. The van der Waals surface area contributed by atoms with Gasteiger partial charge in [0.15, 0.2) is 0 Å². The number of halogens is 3. The second kappa shape index (κ2) is 7.56. The Hall–Kier alpha value is -2.61. The molecule has 0 unspecified atom stereocenters. The molecule has 0 saturated carbocycles. The monoisotopic (exact) mass is 391 g/mol. The van der Waals surface area contributed by atoms with Crippen molar-refractivity contribution in [2.45, 2.75) is 16.5 Å². The number of benzene rings is 2. The SMILES string of the molecule is CN(C)C(=O)[C@@H](Sc1nc(C(F)(F)F)nc2ccccc12)c1ccccc1. The Kier molecular flexibility index (Phi) is 5.36. The number of carbonyl (C=O) groups is 1. The molecule has 3 aromatic rings. The third kappa shape index (κ3) is 4.21. The van der Waals surface area contributed by atoms with E-state index >= 15 is 0 Å². The van der Waals surface area contributed by atoms with Crippen LogP contribution >= 0.6 is 11.8 Å². The van der Waals surface area contributed by atoms with Crippen molar-refractivity contribution in [1.82, 2.24) is 14.9 Å². The number of para-hydroxylation sites is 1. The maximum Gasteiger partial charge on any atom is 0.451 e. The number of nitrogens with zero attached hydrogens (tertiary/aromatic N) is 3. The maximum absolute atomic E-state index is 13.2. The predicted molar refractivity (Wildman–Crippen MR) is 98.3 cm³/mol. The molecular formula is C19H16F3N3OS. The molecular weight excluding hydrogens is 375 g/mol. The van der Waals surface area contributed by atoms with Crippen LogP contribution in [0.5, 0.6) is 0 Å². The minimum Gasteiger partial charge on any atom is -0.348 e. The summed E-state index contributed by atoms with van der Waals surface area (Å²) in [7, 11) is 3.22. The van der Waals surface area contributed by atoms with Gasteiger partial charge in [-0.2, -0.15) is 13.2 Å². The summed E-state index contributed by atoms with van der Waals surface area (Å²) in [5, 5.41) is -0.124. The summed E-state index contributed by atoms with van der Waals surface area (Å²) in [5.74, 6) is -1.45. The van der Waals surface area contributed by atoms with E-state index in [1.165, 1.54) is 11.0 Å². The van der Waals surface area contributed by atoms with E-state index < -0.39 is 17.3 Å². The molecule has 8 heteroatoms. The Bertz CT molecular complexity index is 961. The average molecular weight is 391 g/mol. The summed E-state index contributed by atoms with van der Waals surface area (Å²) in [5.41, 5.74) is 0.879. The summed E-state index contributed by atoms with van der Waals surface area (Å²) in [6.07, 6.45) is -4.67. The molecule has 2 aromatic carbocycles. The van der Waals surface area contributed by atoms with E-state index in [2.05, 4.69) is 9.97 Å². The van der Waals surface area contributed by atoms with E-state index in [0.29, 0.717) is 10.9 Å². The van der Waals surface area contributed by atoms with Gasteiger partial charge in [-0.3, -0.25) is 4.79 Å². The molecule has 1 heterocycles. The van der Waals surface area contributed by atoms with Crippen LogP contribution in [0.2, 0.25) is 0 Å². The van der Waals surface area contributed by atoms with E-state index in [4.69, 9.17) is 0 Å². The number of alkyl halides is 3. The van der Waals surface area contributed by atoms with Gasteiger partial charge in [0.1, 0.15) is 10.3 Å². The summed E-state index contributed by atoms with van der Waals surface area (Å²) >= 11 is 0.996. The van der Waals surface area contributed by atoms with Crippen molar-refractivity contribution in [2.75, 3.05) is 14.1 Å². The highest BCUT2D eigenvalue weighted by molar-refractivity contribution is 8.00. The Morgan fingerprint density at radius 2 is 1.63 bits per heavy atom. The fourth-order valence-electron chi connectivity index (χ4n) is 2.50. The minimum atomic E-state index is -4.67. The van der Waals surface area contributed by atoms with Crippen LogP contribution in [0.3, 0.4) is 0 Å². The molecule has 0 aliphatic carbocycles. The number of hydrogen-bond acceptors (Lipinski definition) is 4. The number of thioether (sulfide) groups is 1. The quantitative estimate of drug-likeness (QED) is 0.483. The van der Waals surface area contributed by atoms with Crippen LogP contribution < -0.4 is 0 Å². The Labute approximate surface area is 158 Å². The number of hydrogen-bond donors (Lipinski definition) is 0. The van der Waals surface area contributed by atoms with Crippen molar-refractivity contribution in [2.24, 2.45) is 0 Å². The van der Waals surface area contributed by atoms with E-state index in [0.717, 1.165) is 11.8 Å². The van der Waals surface area contributed by atoms with Crippen molar-refractivity contribution in [3.05, 3.63) is 66.0 Å². The highest BCUT2D eigenvalue weighted by Crippen LogP contribution is 2.40. The third-order valence-electron chi connectivity index (χ3n) is 3.82. The second-order valence-electron chi connectivity index (χ2n) is 6.01. The van der Waals surface area contributed by atoms with Crippen LogP contribution in [-0.2, 0) is 11.0 Å². The molecule has 1 amide bonds. The van der Waals surface area contributed by atoms with Crippen molar-refractivity contribution in [1.29, 1.82) is 0 Å². The lowest BCUT2D eigenvalue weighted by molar-refractivity contribution is -0.145. The predicted octanol–water partition coefficient (Wildman–Crippen LogP) is 4.57. The molecule has 0 spiro atoms. The van der Waals surface area contributed by atoms with Crippen molar-refractivity contribution in [3.63, 3.8) is 0 Å². The Morgan fingerprint density at radius 3 is 2.26 bits per heavy atom. The van der Waals surface area contributed by atoms with Gasteiger partial charge in [-0.25, -0.2) is 9.97 Å². The third-order valence-corrected chi connectivity index (χ3v) is 5.06. The summed E-state index contributed by atoms with van der Waals surface area (Å²) < 4.78 is 39.7. The molecule has 27 heavy (non-hydrogen) atoms. The molecule has 4 nitrogen and oxygen atoms in total. The van der Waals surface area contributed by atoms with Gasteiger partial charge in [0.2, 0.25) is 11.7 Å². The normalized spacial score (nSPS) is 12.8. The smallest absolute Gasteiger partial charge is 0.348 e. The molecule has 0 bridgehead atoms. The van der Waals surface area contributed by atoms with Gasteiger partial charge in [0, 0.05) is 19.5 Å². The average Bonchev–Trinajstić information content (AvgIpc) is 2.65. The molecule has 0 fully saturated rings. The molecule has 140 valence electrons. The van der Waals surface area contributed by atoms with E-state index in [-0.39, 0.29) is 16.4 Å². The molecule has 0 N–H and O–H groups in total. The van der Waals surface area contributed by atoms with Crippen LogP contribution in [0.4, 0.5) is 13.2 Å². The first-order valence-corrected chi connectivity index (χ1v) is 8.92. The lowest BCUT2D eigenvalue weighted by Gasteiger charge is -2.21. The molecule has 0 aliphatic rings. The number of carbonyl (C=O) groups excluding carboxylic acids is 1. The number of rotatable bonds is 4. The highest BCUT2D eigenvalue weighted by Gasteiger charge is 2.36. The number of fused-ring (bicyclic) bond motifs is 1. The second-order valence-corrected chi connectivity index (χ2v) is 7.10. The molecule has 0 aliphatic heterocycles. The van der Waals surface area contributed by atoms with Gasteiger partial charge in [0.25, 0.3) is 0 Å². The van der Waals surface area contributed by atoms with Crippen molar-refractivity contribution >= 4 is 28.6 Å². The van der Waals surface area contributed by atoms with Gasteiger partial charge < -0.3 is 4.90 Å². The number of aromatic nitrogens is 2. The Balaban J connectivity index is 2.13. The van der Waals surface area contributed by atoms with Crippen LogP contribution in [0.15, 0.2) is 59.6 Å². The fraction of sp³-hybridized carbons (Fsp3) is 0.211. The number of likely N-dealkylation sites (N-methyl/N-ethyl adjacent to an activating group) is 1. The zero-order valence-corrected chi connectivity index (χ0v) is 15.4. The topological polar surface area (TPSA) is 46.1 Å². The van der Waals surface area contributed by atoms with E-state index in [9.17, 15) is 18.0 Å². The van der Waals surface area contributed by atoms with E-state index in [1.54, 1.807) is 56.6 Å².